The van der Waals surface area contributed by atoms with Crippen LogP contribution in [0.3, 0.4) is 0 Å². The third-order valence-corrected chi connectivity index (χ3v) is 4.52. The minimum absolute atomic E-state index is 0.505. The van der Waals surface area contributed by atoms with E-state index in [-0.39, 0.29) is 0 Å². The van der Waals surface area contributed by atoms with Crippen LogP contribution in [0.4, 0.5) is 0 Å². The molecule has 0 aliphatic carbocycles. The third kappa shape index (κ3) is 1.18. The Labute approximate surface area is 88.6 Å². The van der Waals surface area contributed by atoms with E-state index in [0.29, 0.717) is 14.5 Å². The molecule has 14 heavy (non-hydrogen) atoms. The van der Waals surface area contributed by atoms with Gasteiger partial charge in [-0.2, -0.15) is 0 Å². The van der Waals surface area contributed by atoms with Gasteiger partial charge in [0, 0.05) is 0 Å². The topological polar surface area (TPSA) is 0 Å². The summed E-state index contributed by atoms with van der Waals surface area (Å²) in [7, 11) is 0. The van der Waals surface area contributed by atoms with Crippen molar-refractivity contribution in [1.29, 1.82) is 0 Å². The SMILES string of the molecule is c1ccc2c(c1)ccc1ccc[se+]c12. The molecule has 0 unspecified atom stereocenters. The molecule has 0 nitrogen and oxygen atoms in total. The summed E-state index contributed by atoms with van der Waals surface area (Å²) in [5, 5.41) is 4.17. The molecule has 3 rings (SSSR count). The molecule has 0 amide bonds. The zero-order valence-electron chi connectivity index (χ0n) is 7.60. The molecule has 0 spiro atoms. The third-order valence-electron chi connectivity index (χ3n) is 2.45. The summed E-state index contributed by atoms with van der Waals surface area (Å²) in [5.41, 5.74) is 0. The van der Waals surface area contributed by atoms with Crippen molar-refractivity contribution in [3.8, 4) is 0 Å². The zero-order valence-corrected chi connectivity index (χ0v) is 9.32. The zero-order chi connectivity index (χ0) is 9.38. The molecule has 1 aromatic heterocycles. The van der Waals surface area contributed by atoms with Crippen molar-refractivity contribution in [2.75, 3.05) is 0 Å². The Kier molecular flexibility index (Phi) is 1.86. The van der Waals surface area contributed by atoms with Crippen LogP contribution >= 0.6 is 0 Å². The van der Waals surface area contributed by atoms with Crippen LogP contribution in [0.15, 0.2) is 53.5 Å². The summed E-state index contributed by atoms with van der Waals surface area (Å²) in [5.74, 6) is 0. The standard InChI is InChI=1S/C13H9Se/c1-2-6-12-10(4-1)7-8-11-5-3-9-14-13(11)12/h1-9H/q+1. The monoisotopic (exact) mass is 245 g/mol. The van der Waals surface area contributed by atoms with Crippen molar-refractivity contribution in [3.05, 3.63) is 53.5 Å². The van der Waals surface area contributed by atoms with Gasteiger partial charge in [0.25, 0.3) is 0 Å². The first-order valence-electron chi connectivity index (χ1n) is 4.63. The normalized spacial score (nSPS) is 10.9. The summed E-state index contributed by atoms with van der Waals surface area (Å²) in [4.78, 5) is 2.28. The second kappa shape index (κ2) is 3.20. The van der Waals surface area contributed by atoms with Crippen LogP contribution in [-0.2, 0) is 0 Å². The number of benzene rings is 2. The molecule has 0 saturated heterocycles. The Morgan fingerprint density at radius 2 is 1.50 bits per heavy atom. The number of rotatable bonds is 0. The summed E-state index contributed by atoms with van der Waals surface area (Å²) >= 11 is 0.505. The van der Waals surface area contributed by atoms with Gasteiger partial charge in [-0.1, -0.05) is 0 Å². The number of hydrogen-bond donors (Lipinski definition) is 0. The van der Waals surface area contributed by atoms with Crippen LogP contribution in [0.2, 0.25) is 0 Å². The van der Waals surface area contributed by atoms with E-state index in [2.05, 4.69) is 53.5 Å². The fraction of sp³-hybridized carbons (Fsp3) is 0. The van der Waals surface area contributed by atoms with Gasteiger partial charge in [-0.3, -0.25) is 0 Å². The van der Waals surface area contributed by atoms with Gasteiger partial charge in [0.05, 0.1) is 0 Å². The van der Waals surface area contributed by atoms with Crippen molar-refractivity contribution >= 4 is 34.9 Å². The second-order valence-electron chi connectivity index (χ2n) is 3.32. The molecular weight excluding hydrogens is 235 g/mol. The van der Waals surface area contributed by atoms with Gasteiger partial charge in [0.1, 0.15) is 0 Å². The molecule has 0 aliphatic rings. The van der Waals surface area contributed by atoms with Crippen LogP contribution in [0, 0.1) is 0 Å². The average molecular weight is 244 g/mol. The molecule has 0 fully saturated rings. The molecular formula is C13H9Se+. The van der Waals surface area contributed by atoms with Crippen LogP contribution in [0.5, 0.6) is 0 Å². The van der Waals surface area contributed by atoms with E-state index in [1.54, 1.807) is 0 Å². The van der Waals surface area contributed by atoms with Gasteiger partial charge in [-0.15, -0.1) is 0 Å². The van der Waals surface area contributed by atoms with E-state index >= 15 is 0 Å². The van der Waals surface area contributed by atoms with Crippen molar-refractivity contribution in [3.63, 3.8) is 0 Å². The molecule has 0 radical (unpaired) electrons. The quantitative estimate of drug-likeness (QED) is 0.420. The van der Waals surface area contributed by atoms with E-state index < -0.39 is 0 Å². The van der Waals surface area contributed by atoms with Gasteiger partial charge in [-0.25, -0.2) is 0 Å². The second-order valence-corrected chi connectivity index (χ2v) is 5.24. The predicted octanol–water partition coefficient (Wildman–Crippen LogP) is 3.33. The Hall–Kier alpha value is -1.17. The summed E-state index contributed by atoms with van der Waals surface area (Å²) in [6, 6.07) is 17.4. The van der Waals surface area contributed by atoms with Gasteiger partial charge in [0.2, 0.25) is 0 Å². The summed E-state index contributed by atoms with van der Waals surface area (Å²) < 4.78 is 1.53. The van der Waals surface area contributed by atoms with Crippen LogP contribution in [0.25, 0.3) is 20.4 Å². The molecule has 66 valence electrons. The summed E-state index contributed by atoms with van der Waals surface area (Å²) in [6.07, 6.45) is 0. The van der Waals surface area contributed by atoms with E-state index in [9.17, 15) is 0 Å². The van der Waals surface area contributed by atoms with Crippen molar-refractivity contribution < 1.29 is 0 Å². The fourth-order valence-electron chi connectivity index (χ4n) is 1.77. The molecule has 3 aromatic rings. The van der Waals surface area contributed by atoms with E-state index in [1.807, 2.05) is 0 Å². The van der Waals surface area contributed by atoms with Crippen molar-refractivity contribution in [2.24, 2.45) is 0 Å². The first kappa shape index (κ1) is 8.16. The first-order chi connectivity index (χ1) is 6.95. The molecule has 0 bridgehead atoms. The maximum atomic E-state index is 2.28. The van der Waals surface area contributed by atoms with E-state index in [1.165, 1.54) is 20.4 Å². The first-order valence-corrected chi connectivity index (χ1v) is 6.48. The number of fused-ring (bicyclic) bond motifs is 3. The molecule has 0 N–H and O–H groups in total. The molecule has 1 heteroatoms. The minimum atomic E-state index is 0.505. The molecule has 1 heterocycles. The molecule has 0 atom stereocenters. The molecule has 2 aromatic carbocycles. The Morgan fingerprint density at radius 3 is 2.50 bits per heavy atom. The predicted molar refractivity (Wildman–Crippen MR) is 62.8 cm³/mol. The Morgan fingerprint density at radius 1 is 0.714 bits per heavy atom. The van der Waals surface area contributed by atoms with Gasteiger partial charge < -0.3 is 0 Å². The Balaban J connectivity index is 2.61. The van der Waals surface area contributed by atoms with Crippen molar-refractivity contribution in [2.45, 2.75) is 0 Å². The average Bonchev–Trinajstić information content (AvgIpc) is 2.29. The van der Waals surface area contributed by atoms with Crippen LogP contribution in [0.1, 0.15) is 0 Å². The Bertz CT molecular complexity index is 544. The van der Waals surface area contributed by atoms with Crippen LogP contribution in [-0.4, -0.2) is 14.5 Å². The van der Waals surface area contributed by atoms with Gasteiger partial charge in [0.15, 0.2) is 0 Å². The molecule has 0 aliphatic heterocycles. The fourth-order valence-corrected chi connectivity index (χ4v) is 3.62. The van der Waals surface area contributed by atoms with Crippen molar-refractivity contribution in [1.82, 2.24) is 0 Å². The maximum absolute atomic E-state index is 2.28. The summed E-state index contributed by atoms with van der Waals surface area (Å²) in [6.45, 7) is 0. The van der Waals surface area contributed by atoms with E-state index in [4.69, 9.17) is 0 Å². The van der Waals surface area contributed by atoms with Gasteiger partial charge in [-0.05, 0) is 0 Å². The van der Waals surface area contributed by atoms with Gasteiger partial charge >= 0.3 is 88.4 Å². The number of hydrogen-bond acceptors (Lipinski definition) is 0. The van der Waals surface area contributed by atoms with Crippen LogP contribution < -0.4 is 0 Å². The van der Waals surface area contributed by atoms with E-state index in [0.717, 1.165) is 0 Å². The molecule has 0 saturated carbocycles.